The number of nitrogens with two attached hydrogens (primary N) is 1. The van der Waals surface area contributed by atoms with Crippen molar-refractivity contribution in [1.29, 1.82) is 0 Å². The Morgan fingerprint density at radius 1 is 1.56 bits per heavy atom. The highest BCUT2D eigenvalue weighted by atomic mass is 19.1. The molecule has 0 aromatic heterocycles. The Kier molecular flexibility index (Phi) is 3.39. The molecule has 0 saturated heterocycles. The van der Waals surface area contributed by atoms with E-state index in [0.717, 1.165) is 24.8 Å². The average molecular weight is 250 g/mol. The predicted octanol–water partition coefficient (Wildman–Crippen LogP) is 2.59. The molecule has 2 rings (SSSR count). The highest BCUT2D eigenvalue weighted by Crippen LogP contribution is 2.37. The summed E-state index contributed by atoms with van der Waals surface area (Å²) in [5.41, 5.74) is 6.45. The molecular formula is C14H19FN2O. The van der Waals surface area contributed by atoms with E-state index >= 15 is 0 Å². The van der Waals surface area contributed by atoms with E-state index in [2.05, 4.69) is 5.32 Å². The first-order valence-corrected chi connectivity index (χ1v) is 6.26. The van der Waals surface area contributed by atoms with Crippen LogP contribution in [0.3, 0.4) is 0 Å². The van der Waals surface area contributed by atoms with Crippen LogP contribution in [0.15, 0.2) is 18.2 Å². The zero-order valence-electron chi connectivity index (χ0n) is 10.8. The molecule has 1 aliphatic rings. The normalized spacial score (nSPS) is 27.2. The van der Waals surface area contributed by atoms with Gasteiger partial charge in [0.2, 0.25) is 5.91 Å². The van der Waals surface area contributed by atoms with Crippen LogP contribution in [0.1, 0.15) is 31.7 Å². The molecule has 0 radical (unpaired) electrons. The zero-order valence-corrected chi connectivity index (χ0v) is 10.8. The molecule has 1 saturated carbocycles. The van der Waals surface area contributed by atoms with Gasteiger partial charge in [0.25, 0.3) is 0 Å². The largest absolute Gasteiger partial charge is 0.327 e. The van der Waals surface area contributed by atoms with Crippen molar-refractivity contribution in [3.05, 3.63) is 29.6 Å². The van der Waals surface area contributed by atoms with E-state index in [1.165, 1.54) is 6.07 Å². The summed E-state index contributed by atoms with van der Waals surface area (Å²) in [6.45, 7) is 3.66. The van der Waals surface area contributed by atoms with Gasteiger partial charge in [0.05, 0.1) is 11.1 Å². The minimum Gasteiger partial charge on any atom is -0.327 e. The van der Waals surface area contributed by atoms with Crippen molar-refractivity contribution in [2.24, 2.45) is 11.1 Å². The van der Waals surface area contributed by atoms with Gasteiger partial charge in [-0.2, -0.15) is 0 Å². The average Bonchev–Trinajstić information content (AvgIpc) is 2.64. The Hall–Kier alpha value is -1.42. The van der Waals surface area contributed by atoms with Gasteiger partial charge in [0, 0.05) is 6.04 Å². The third-order valence-electron chi connectivity index (χ3n) is 3.92. The molecule has 0 spiro atoms. The van der Waals surface area contributed by atoms with Crippen LogP contribution in [0.2, 0.25) is 0 Å². The molecule has 1 fully saturated rings. The topological polar surface area (TPSA) is 55.1 Å². The minimum absolute atomic E-state index is 0.147. The molecule has 0 aliphatic heterocycles. The van der Waals surface area contributed by atoms with Gasteiger partial charge in [-0.05, 0) is 44.4 Å². The summed E-state index contributed by atoms with van der Waals surface area (Å²) in [5.74, 6) is -0.589. The number of amides is 1. The molecule has 3 nitrogen and oxygen atoms in total. The zero-order chi connectivity index (χ0) is 13.3. The molecule has 0 heterocycles. The molecule has 3 N–H and O–H groups in total. The van der Waals surface area contributed by atoms with Crippen LogP contribution in [-0.4, -0.2) is 11.9 Å². The Bertz CT molecular complexity index is 475. The molecule has 1 aliphatic carbocycles. The lowest BCUT2D eigenvalue weighted by molar-refractivity contribution is -0.125. The molecule has 0 bridgehead atoms. The number of rotatable bonds is 2. The quantitative estimate of drug-likeness (QED) is 0.847. The lowest BCUT2D eigenvalue weighted by Gasteiger charge is -2.27. The van der Waals surface area contributed by atoms with Crippen LogP contribution in [-0.2, 0) is 4.79 Å². The molecular weight excluding hydrogens is 231 g/mol. The van der Waals surface area contributed by atoms with E-state index < -0.39 is 11.2 Å². The van der Waals surface area contributed by atoms with Crippen molar-refractivity contribution in [1.82, 2.24) is 0 Å². The molecule has 1 aromatic carbocycles. The number of hydrogen-bond donors (Lipinski definition) is 2. The summed E-state index contributed by atoms with van der Waals surface area (Å²) in [5, 5.41) is 2.66. The second kappa shape index (κ2) is 4.69. The van der Waals surface area contributed by atoms with Crippen LogP contribution < -0.4 is 11.1 Å². The minimum atomic E-state index is -0.586. The SMILES string of the molecule is Cc1ccc(NC(=O)C2(C)CCCC2N)c(F)c1. The predicted molar refractivity (Wildman–Crippen MR) is 69.7 cm³/mol. The summed E-state index contributed by atoms with van der Waals surface area (Å²) >= 11 is 0. The molecule has 1 aromatic rings. The number of halogens is 1. The summed E-state index contributed by atoms with van der Waals surface area (Å²) in [6.07, 6.45) is 2.55. The maximum atomic E-state index is 13.7. The fraction of sp³-hybridized carbons (Fsp3) is 0.500. The van der Waals surface area contributed by atoms with Gasteiger partial charge in [0.15, 0.2) is 0 Å². The molecule has 98 valence electrons. The number of hydrogen-bond acceptors (Lipinski definition) is 2. The molecule has 4 heteroatoms. The number of carbonyl (C=O) groups is 1. The Labute approximate surface area is 107 Å². The second-order valence-electron chi connectivity index (χ2n) is 5.35. The van der Waals surface area contributed by atoms with Crippen molar-refractivity contribution in [2.45, 2.75) is 39.2 Å². The van der Waals surface area contributed by atoms with Crippen LogP contribution in [0.4, 0.5) is 10.1 Å². The standard InChI is InChI=1S/C14H19FN2O/c1-9-5-6-11(10(15)8-9)17-13(18)14(2)7-3-4-12(14)16/h5-6,8,12H,3-4,7,16H2,1-2H3,(H,17,18). The molecule has 18 heavy (non-hydrogen) atoms. The highest BCUT2D eigenvalue weighted by molar-refractivity contribution is 5.96. The van der Waals surface area contributed by atoms with Crippen LogP contribution in [0.5, 0.6) is 0 Å². The second-order valence-corrected chi connectivity index (χ2v) is 5.35. The number of benzene rings is 1. The summed E-state index contributed by atoms with van der Waals surface area (Å²) in [7, 11) is 0. The first-order chi connectivity index (χ1) is 8.43. The van der Waals surface area contributed by atoms with E-state index in [1.54, 1.807) is 12.1 Å². The smallest absolute Gasteiger partial charge is 0.231 e. The number of nitrogens with one attached hydrogen (secondary N) is 1. The van der Waals surface area contributed by atoms with Gasteiger partial charge in [-0.3, -0.25) is 4.79 Å². The van der Waals surface area contributed by atoms with E-state index in [1.807, 2.05) is 13.8 Å². The van der Waals surface area contributed by atoms with Crippen molar-refractivity contribution < 1.29 is 9.18 Å². The maximum absolute atomic E-state index is 13.7. The van der Waals surface area contributed by atoms with E-state index in [-0.39, 0.29) is 17.6 Å². The number of carbonyl (C=O) groups excluding carboxylic acids is 1. The van der Waals surface area contributed by atoms with Gasteiger partial charge < -0.3 is 11.1 Å². The molecule has 1 amide bonds. The Morgan fingerprint density at radius 2 is 2.28 bits per heavy atom. The van der Waals surface area contributed by atoms with Crippen molar-refractivity contribution in [2.75, 3.05) is 5.32 Å². The van der Waals surface area contributed by atoms with E-state index in [4.69, 9.17) is 5.73 Å². The molecule has 2 atom stereocenters. The van der Waals surface area contributed by atoms with Gasteiger partial charge >= 0.3 is 0 Å². The first-order valence-electron chi connectivity index (χ1n) is 6.26. The first kappa shape index (κ1) is 13.0. The highest BCUT2D eigenvalue weighted by Gasteiger charge is 2.43. The monoisotopic (exact) mass is 250 g/mol. The fourth-order valence-corrected chi connectivity index (χ4v) is 2.46. The lowest BCUT2D eigenvalue weighted by atomic mass is 9.84. The van der Waals surface area contributed by atoms with Gasteiger partial charge in [-0.15, -0.1) is 0 Å². The number of aryl methyl sites for hydroxylation is 1. The Morgan fingerprint density at radius 3 is 2.83 bits per heavy atom. The summed E-state index contributed by atoms with van der Waals surface area (Å²) in [6, 6.07) is 4.63. The van der Waals surface area contributed by atoms with Crippen molar-refractivity contribution >= 4 is 11.6 Å². The third-order valence-corrected chi connectivity index (χ3v) is 3.92. The van der Waals surface area contributed by atoms with Crippen LogP contribution in [0.25, 0.3) is 0 Å². The van der Waals surface area contributed by atoms with Crippen LogP contribution in [0, 0.1) is 18.2 Å². The van der Waals surface area contributed by atoms with Gasteiger partial charge in [-0.1, -0.05) is 12.5 Å². The van der Waals surface area contributed by atoms with Crippen molar-refractivity contribution in [3.8, 4) is 0 Å². The van der Waals surface area contributed by atoms with E-state index in [0.29, 0.717) is 0 Å². The third kappa shape index (κ3) is 2.25. The van der Waals surface area contributed by atoms with E-state index in [9.17, 15) is 9.18 Å². The fourth-order valence-electron chi connectivity index (χ4n) is 2.46. The van der Waals surface area contributed by atoms with Gasteiger partial charge in [0.1, 0.15) is 5.82 Å². The van der Waals surface area contributed by atoms with Gasteiger partial charge in [-0.25, -0.2) is 4.39 Å². The lowest BCUT2D eigenvalue weighted by Crippen LogP contribution is -2.44. The van der Waals surface area contributed by atoms with Crippen LogP contribution >= 0.6 is 0 Å². The summed E-state index contributed by atoms with van der Waals surface area (Å²) in [4.78, 5) is 12.2. The maximum Gasteiger partial charge on any atom is 0.231 e. The number of anilines is 1. The van der Waals surface area contributed by atoms with Crippen molar-refractivity contribution in [3.63, 3.8) is 0 Å². The summed E-state index contributed by atoms with van der Waals surface area (Å²) < 4.78 is 13.7. The molecule has 2 unspecified atom stereocenters. The Balaban J connectivity index is 2.16.